The minimum absolute atomic E-state index is 0.0694. The van der Waals surface area contributed by atoms with Crippen molar-refractivity contribution in [2.45, 2.75) is 57.8 Å². The third kappa shape index (κ3) is 41.3. The molecular weight excluding hydrogens is 384 g/mol. The number of carboxylic acid groups (broad SMARTS) is 3. The predicted octanol–water partition coefficient (Wildman–Crippen LogP) is -0.0231. The molecule has 1 aliphatic heterocycles. The van der Waals surface area contributed by atoms with Crippen molar-refractivity contribution in [3.8, 4) is 0 Å². The first-order valence-electron chi connectivity index (χ1n) is 9.68. The Morgan fingerprint density at radius 1 is 0.897 bits per heavy atom. The van der Waals surface area contributed by atoms with E-state index >= 15 is 0 Å². The van der Waals surface area contributed by atoms with Crippen molar-refractivity contribution in [3.05, 3.63) is 0 Å². The van der Waals surface area contributed by atoms with E-state index in [1.54, 1.807) is 0 Å². The number of hydrogen-bond donors (Lipinski definition) is 7. The van der Waals surface area contributed by atoms with E-state index in [1.807, 2.05) is 7.05 Å². The summed E-state index contributed by atoms with van der Waals surface area (Å²) in [5.74, 6) is -2.09. The smallest absolute Gasteiger partial charge is 0.304 e. The first-order valence-corrected chi connectivity index (χ1v) is 9.68. The highest BCUT2D eigenvalue weighted by Gasteiger charge is 2.05. The van der Waals surface area contributed by atoms with E-state index in [0.717, 1.165) is 45.2 Å². The first kappa shape index (κ1) is 31.5. The zero-order chi connectivity index (χ0) is 22.9. The number of hydrogen-bond acceptors (Lipinski definition) is 7. The standard InChI is InChI=1S/C7H15NO2.C4H9NO2.C4H7NO.C3H7NO2/c1-8-6-4-2-3-5-7(9)10;5-3-1-2-4(6)7;6-4-2-1-3-5-4;4-2-1-3(5)6/h8H,2-6H2,1H3,(H,9,10);1-3,5H2,(H,6,7);1-3H2,(H,5,6);1-2,4H2,(H,5,6). The molecule has 1 aliphatic rings. The van der Waals surface area contributed by atoms with Crippen LogP contribution in [-0.2, 0) is 19.2 Å². The van der Waals surface area contributed by atoms with Gasteiger partial charge < -0.3 is 37.4 Å². The Hall–Kier alpha value is -2.24. The number of aliphatic carboxylic acids is 3. The van der Waals surface area contributed by atoms with Gasteiger partial charge in [-0.2, -0.15) is 0 Å². The minimum atomic E-state index is -0.836. The van der Waals surface area contributed by atoms with Crippen LogP contribution >= 0.6 is 0 Å². The molecule has 0 aromatic carbocycles. The Balaban J connectivity index is -0.000000318. The Kier molecular flexibility index (Phi) is 27.9. The summed E-state index contributed by atoms with van der Waals surface area (Å²) in [4.78, 5) is 39.4. The van der Waals surface area contributed by atoms with Crippen molar-refractivity contribution >= 4 is 23.8 Å². The van der Waals surface area contributed by atoms with E-state index in [-0.39, 0.29) is 25.3 Å². The molecule has 9 N–H and O–H groups in total. The Bertz CT molecular complexity index is 426. The number of carbonyl (C=O) groups excluding carboxylic acids is 1. The van der Waals surface area contributed by atoms with E-state index < -0.39 is 17.9 Å². The maximum atomic E-state index is 10.1. The summed E-state index contributed by atoms with van der Waals surface area (Å²) in [5, 5.41) is 29.8. The lowest BCUT2D eigenvalue weighted by atomic mass is 10.2. The van der Waals surface area contributed by atoms with Crippen LogP contribution in [0.15, 0.2) is 0 Å². The number of nitrogens with two attached hydrogens (primary N) is 2. The summed E-state index contributed by atoms with van der Waals surface area (Å²) >= 11 is 0. The average Bonchev–Trinajstić information content (AvgIpc) is 3.12. The first-order chi connectivity index (χ1) is 13.7. The molecule has 0 bridgehead atoms. The van der Waals surface area contributed by atoms with E-state index in [4.69, 9.17) is 26.8 Å². The molecule has 0 spiro atoms. The number of carbonyl (C=O) groups is 4. The van der Waals surface area contributed by atoms with E-state index in [0.29, 0.717) is 19.4 Å². The third-order valence-corrected chi connectivity index (χ3v) is 3.17. The summed E-state index contributed by atoms with van der Waals surface area (Å²) in [7, 11) is 1.90. The lowest BCUT2D eigenvalue weighted by Gasteiger charge is -1.96. The van der Waals surface area contributed by atoms with Gasteiger partial charge in [-0.1, -0.05) is 6.42 Å². The van der Waals surface area contributed by atoms with Crippen LogP contribution in [0.3, 0.4) is 0 Å². The van der Waals surface area contributed by atoms with Crippen molar-refractivity contribution in [1.29, 1.82) is 0 Å². The second-order valence-corrected chi connectivity index (χ2v) is 5.98. The topological polar surface area (TPSA) is 205 Å². The Labute approximate surface area is 172 Å². The van der Waals surface area contributed by atoms with Crippen LogP contribution in [0, 0.1) is 0 Å². The Morgan fingerprint density at radius 3 is 1.69 bits per heavy atom. The molecule has 1 saturated heterocycles. The van der Waals surface area contributed by atoms with Gasteiger partial charge in [0.15, 0.2) is 0 Å². The molecule has 1 amide bonds. The zero-order valence-electron chi connectivity index (χ0n) is 17.3. The van der Waals surface area contributed by atoms with Crippen LogP contribution in [0.4, 0.5) is 0 Å². The zero-order valence-corrected chi connectivity index (χ0v) is 17.3. The van der Waals surface area contributed by atoms with Crippen molar-refractivity contribution in [1.82, 2.24) is 10.6 Å². The molecule has 0 aliphatic carbocycles. The summed E-state index contributed by atoms with van der Waals surface area (Å²) in [6.45, 7) is 2.57. The summed E-state index contributed by atoms with van der Waals surface area (Å²) < 4.78 is 0. The van der Waals surface area contributed by atoms with Crippen LogP contribution < -0.4 is 22.1 Å². The Morgan fingerprint density at radius 2 is 1.45 bits per heavy atom. The predicted molar refractivity (Wildman–Crippen MR) is 110 cm³/mol. The van der Waals surface area contributed by atoms with Gasteiger partial charge in [0.25, 0.3) is 0 Å². The number of unbranched alkanes of at least 4 members (excludes halogenated alkanes) is 2. The van der Waals surface area contributed by atoms with Gasteiger partial charge in [-0.15, -0.1) is 0 Å². The molecule has 1 rings (SSSR count). The largest absolute Gasteiger partial charge is 0.481 e. The van der Waals surface area contributed by atoms with Crippen molar-refractivity contribution in [3.63, 3.8) is 0 Å². The molecule has 11 heteroatoms. The lowest BCUT2D eigenvalue weighted by molar-refractivity contribution is -0.138. The highest BCUT2D eigenvalue weighted by atomic mass is 16.4. The fraction of sp³-hybridized carbons (Fsp3) is 0.778. The third-order valence-electron chi connectivity index (χ3n) is 3.17. The molecule has 0 atom stereocenters. The molecule has 0 radical (unpaired) electrons. The maximum Gasteiger partial charge on any atom is 0.304 e. The second-order valence-electron chi connectivity index (χ2n) is 5.98. The summed E-state index contributed by atoms with van der Waals surface area (Å²) in [5.41, 5.74) is 9.86. The quantitative estimate of drug-likeness (QED) is 0.221. The molecule has 11 nitrogen and oxygen atoms in total. The van der Waals surface area contributed by atoms with E-state index in [9.17, 15) is 19.2 Å². The average molecular weight is 423 g/mol. The molecule has 0 aromatic heterocycles. The molecular formula is C18H38N4O7. The summed E-state index contributed by atoms with van der Waals surface area (Å²) in [6.07, 6.45) is 5.79. The van der Waals surface area contributed by atoms with Crippen LogP contribution in [0.2, 0.25) is 0 Å². The molecule has 29 heavy (non-hydrogen) atoms. The molecule has 172 valence electrons. The minimum Gasteiger partial charge on any atom is -0.481 e. The molecule has 1 heterocycles. The lowest BCUT2D eigenvalue weighted by Crippen LogP contribution is -2.12. The van der Waals surface area contributed by atoms with Gasteiger partial charge in [0.05, 0.1) is 6.42 Å². The summed E-state index contributed by atoms with van der Waals surface area (Å²) in [6, 6.07) is 0. The number of carboxylic acids is 3. The van der Waals surface area contributed by atoms with Crippen LogP contribution in [-0.4, -0.2) is 72.4 Å². The maximum absolute atomic E-state index is 10.1. The van der Waals surface area contributed by atoms with Gasteiger partial charge >= 0.3 is 17.9 Å². The number of rotatable bonds is 11. The van der Waals surface area contributed by atoms with Gasteiger partial charge in [0.2, 0.25) is 5.91 Å². The molecule has 0 saturated carbocycles. The fourth-order valence-corrected chi connectivity index (χ4v) is 1.70. The van der Waals surface area contributed by atoms with E-state index in [2.05, 4.69) is 10.6 Å². The highest BCUT2D eigenvalue weighted by molar-refractivity contribution is 5.77. The second kappa shape index (κ2) is 25.8. The highest BCUT2D eigenvalue weighted by Crippen LogP contribution is 1.97. The molecule has 0 unspecified atom stereocenters. The van der Waals surface area contributed by atoms with Crippen LogP contribution in [0.5, 0.6) is 0 Å². The van der Waals surface area contributed by atoms with Crippen LogP contribution in [0.1, 0.15) is 57.8 Å². The van der Waals surface area contributed by atoms with E-state index in [1.165, 1.54) is 0 Å². The van der Waals surface area contributed by atoms with Crippen molar-refractivity contribution < 1.29 is 34.5 Å². The normalized spacial score (nSPS) is 11.5. The van der Waals surface area contributed by atoms with Crippen molar-refractivity contribution in [2.24, 2.45) is 11.5 Å². The van der Waals surface area contributed by atoms with Gasteiger partial charge in [0.1, 0.15) is 0 Å². The molecule has 0 aromatic rings. The SMILES string of the molecule is CNCCCCCC(=O)O.NCCC(=O)O.NCCCC(=O)O.O=C1CCCN1. The number of amides is 1. The molecule has 1 fully saturated rings. The van der Waals surface area contributed by atoms with Crippen molar-refractivity contribution in [2.75, 3.05) is 33.2 Å². The fourth-order valence-electron chi connectivity index (χ4n) is 1.70. The monoisotopic (exact) mass is 422 g/mol. The van der Waals surface area contributed by atoms with Gasteiger partial charge in [-0.05, 0) is 45.8 Å². The van der Waals surface area contributed by atoms with Gasteiger partial charge in [0, 0.05) is 32.4 Å². The van der Waals surface area contributed by atoms with Gasteiger partial charge in [-0.3, -0.25) is 19.2 Å². The van der Waals surface area contributed by atoms with Crippen LogP contribution in [0.25, 0.3) is 0 Å². The van der Waals surface area contributed by atoms with Gasteiger partial charge in [-0.25, -0.2) is 0 Å². The number of nitrogens with one attached hydrogen (secondary N) is 2.